The lowest BCUT2D eigenvalue weighted by Crippen LogP contribution is -2.25. The van der Waals surface area contributed by atoms with Crippen LogP contribution in [0.25, 0.3) is 0 Å². The van der Waals surface area contributed by atoms with E-state index in [0.717, 1.165) is 43.4 Å². The molecule has 1 aromatic rings. The van der Waals surface area contributed by atoms with Crippen LogP contribution in [0.3, 0.4) is 0 Å². The summed E-state index contributed by atoms with van der Waals surface area (Å²) in [7, 11) is 1.42. The van der Waals surface area contributed by atoms with Crippen molar-refractivity contribution in [3.8, 4) is 5.75 Å². The lowest BCUT2D eigenvalue weighted by atomic mass is 9.97. The molecule has 4 nitrogen and oxygen atoms in total. The van der Waals surface area contributed by atoms with Gasteiger partial charge in [-0.1, -0.05) is 44.1 Å². The zero-order valence-corrected chi connectivity index (χ0v) is 16.1. The first-order valence-electron chi connectivity index (χ1n) is 9.83. The molecule has 26 heavy (non-hydrogen) atoms. The molecule has 1 fully saturated rings. The monoisotopic (exact) mass is 360 g/mol. The van der Waals surface area contributed by atoms with Gasteiger partial charge in [0, 0.05) is 0 Å². The van der Waals surface area contributed by atoms with Gasteiger partial charge in [-0.25, -0.2) is 0 Å². The van der Waals surface area contributed by atoms with Crippen LogP contribution in [0, 0.1) is 0 Å². The molecule has 0 aliphatic carbocycles. The van der Waals surface area contributed by atoms with Gasteiger partial charge in [-0.05, 0) is 49.8 Å². The minimum absolute atomic E-state index is 0.0240. The van der Waals surface area contributed by atoms with E-state index in [4.69, 9.17) is 14.2 Å². The van der Waals surface area contributed by atoms with Crippen LogP contribution >= 0.6 is 0 Å². The molecule has 0 bridgehead atoms. The highest BCUT2D eigenvalue weighted by Gasteiger charge is 2.26. The molecule has 0 unspecified atom stereocenters. The van der Waals surface area contributed by atoms with Gasteiger partial charge in [0.25, 0.3) is 0 Å². The normalized spacial score (nSPS) is 20.2. The number of esters is 1. The molecular formula is C22H32O4. The summed E-state index contributed by atoms with van der Waals surface area (Å²) in [6.07, 6.45) is 12.2. The van der Waals surface area contributed by atoms with Crippen LogP contribution in [0.1, 0.15) is 70.0 Å². The van der Waals surface area contributed by atoms with E-state index in [-0.39, 0.29) is 18.2 Å². The molecule has 4 heteroatoms. The molecular weight excluding hydrogens is 328 g/mol. The summed E-state index contributed by atoms with van der Waals surface area (Å²) in [5.41, 5.74) is 1.12. The van der Waals surface area contributed by atoms with E-state index >= 15 is 0 Å². The highest BCUT2D eigenvalue weighted by atomic mass is 16.5. The van der Waals surface area contributed by atoms with Gasteiger partial charge in [0.15, 0.2) is 0 Å². The molecule has 2 rings (SSSR count). The molecule has 1 heterocycles. The predicted molar refractivity (Wildman–Crippen MR) is 103 cm³/mol. The van der Waals surface area contributed by atoms with Gasteiger partial charge in [0.2, 0.25) is 0 Å². The number of carbonyl (C=O) groups is 1. The first-order valence-corrected chi connectivity index (χ1v) is 9.83. The first kappa shape index (κ1) is 20.5. The highest BCUT2D eigenvalue weighted by Crippen LogP contribution is 2.33. The molecule has 0 radical (unpaired) electrons. The molecule has 0 aromatic heterocycles. The van der Waals surface area contributed by atoms with Crippen molar-refractivity contribution in [2.45, 2.75) is 70.5 Å². The van der Waals surface area contributed by atoms with Gasteiger partial charge in [-0.3, -0.25) is 4.79 Å². The fourth-order valence-electron chi connectivity index (χ4n) is 3.17. The zero-order valence-electron chi connectivity index (χ0n) is 16.1. The molecule has 1 aromatic carbocycles. The Hall–Kier alpha value is -1.81. The minimum atomic E-state index is -0.209. The number of hydrogen-bond acceptors (Lipinski definition) is 4. The molecule has 1 saturated heterocycles. The van der Waals surface area contributed by atoms with Crippen LogP contribution < -0.4 is 4.74 Å². The summed E-state index contributed by atoms with van der Waals surface area (Å²) in [6, 6.07) is 8.13. The van der Waals surface area contributed by atoms with E-state index in [9.17, 15) is 4.79 Å². The van der Waals surface area contributed by atoms with E-state index < -0.39 is 0 Å². The van der Waals surface area contributed by atoms with Crippen LogP contribution in [-0.2, 0) is 14.3 Å². The van der Waals surface area contributed by atoms with Gasteiger partial charge >= 0.3 is 5.97 Å². The number of allylic oxidation sites excluding steroid dienone is 1. The first-order chi connectivity index (χ1) is 12.7. The molecule has 1 aliphatic heterocycles. The maximum atomic E-state index is 11.5. The van der Waals surface area contributed by atoms with Crippen molar-refractivity contribution in [2.75, 3.05) is 13.7 Å². The number of rotatable bonds is 10. The Morgan fingerprint density at radius 2 is 2.12 bits per heavy atom. The summed E-state index contributed by atoms with van der Waals surface area (Å²) >= 11 is 0. The Kier molecular flexibility index (Phi) is 9.26. The molecule has 0 N–H and O–H groups in total. The molecule has 1 aliphatic rings. The maximum absolute atomic E-state index is 11.5. The molecule has 0 saturated carbocycles. The third-order valence-electron chi connectivity index (χ3n) is 4.65. The highest BCUT2D eigenvalue weighted by molar-refractivity contribution is 5.69. The molecule has 144 valence electrons. The van der Waals surface area contributed by atoms with Crippen molar-refractivity contribution in [1.29, 1.82) is 0 Å². The Morgan fingerprint density at radius 1 is 1.27 bits per heavy atom. The number of carbonyl (C=O) groups excluding carboxylic acids is 1. The average molecular weight is 360 g/mol. The van der Waals surface area contributed by atoms with Crippen molar-refractivity contribution in [3.63, 3.8) is 0 Å². The summed E-state index contributed by atoms with van der Waals surface area (Å²) in [6.45, 7) is 2.89. The fraction of sp³-hybridized carbons (Fsp3) is 0.591. The number of methoxy groups -OCH3 is 1. The summed E-state index contributed by atoms with van der Waals surface area (Å²) in [5.74, 6) is 0.669. The largest absolute Gasteiger partial charge is 0.493 e. The second-order valence-electron chi connectivity index (χ2n) is 6.78. The van der Waals surface area contributed by atoms with E-state index in [1.807, 2.05) is 12.1 Å². The Morgan fingerprint density at radius 3 is 2.92 bits per heavy atom. The zero-order chi connectivity index (χ0) is 18.6. The minimum Gasteiger partial charge on any atom is -0.493 e. The van der Waals surface area contributed by atoms with Crippen LogP contribution in [-0.4, -0.2) is 25.8 Å². The second-order valence-corrected chi connectivity index (χ2v) is 6.78. The lowest BCUT2D eigenvalue weighted by Gasteiger charge is -2.30. The molecule has 0 spiro atoms. The number of ether oxygens (including phenoxy) is 3. The number of hydrogen-bond donors (Lipinski definition) is 0. The van der Waals surface area contributed by atoms with E-state index in [1.54, 1.807) is 0 Å². The predicted octanol–water partition coefficient (Wildman–Crippen LogP) is 5.38. The van der Waals surface area contributed by atoms with E-state index in [1.165, 1.54) is 20.0 Å². The summed E-state index contributed by atoms with van der Waals surface area (Å²) in [4.78, 5) is 11.5. The molecule has 2 atom stereocenters. The summed E-state index contributed by atoms with van der Waals surface area (Å²) < 4.78 is 16.7. The van der Waals surface area contributed by atoms with E-state index in [2.05, 4.69) is 31.2 Å². The van der Waals surface area contributed by atoms with Crippen molar-refractivity contribution in [2.24, 2.45) is 0 Å². The van der Waals surface area contributed by atoms with Crippen molar-refractivity contribution < 1.29 is 19.0 Å². The topological polar surface area (TPSA) is 44.8 Å². The Bertz CT molecular complexity index is 567. The van der Waals surface area contributed by atoms with Gasteiger partial charge in [0.05, 0.1) is 32.3 Å². The average Bonchev–Trinajstić information content (AvgIpc) is 2.67. The van der Waals surface area contributed by atoms with Crippen LogP contribution in [0.15, 0.2) is 36.4 Å². The lowest BCUT2D eigenvalue weighted by molar-refractivity contribution is -0.147. The van der Waals surface area contributed by atoms with Crippen molar-refractivity contribution in [1.82, 2.24) is 0 Å². The van der Waals surface area contributed by atoms with Crippen molar-refractivity contribution in [3.05, 3.63) is 42.0 Å². The fourth-order valence-corrected chi connectivity index (χ4v) is 3.17. The third-order valence-corrected chi connectivity index (χ3v) is 4.65. The standard InChI is InChI=1S/C22H32O4/c1-3-4-5-6-7-8-15-25-19-12-9-11-18(16-19)21-14-10-13-20(26-21)17-22(23)24-2/h6-7,9,11-12,16,20-21H,3-5,8,10,13-15,17H2,1-2H3/b7-6-/t20-,21+/m0/s1. The van der Waals surface area contributed by atoms with Gasteiger partial charge in [0.1, 0.15) is 5.75 Å². The van der Waals surface area contributed by atoms with Gasteiger partial charge in [-0.2, -0.15) is 0 Å². The van der Waals surface area contributed by atoms with E-state index in [0.29, 0.717) is 13.0 Å². The smallest absolute Gasteiger partial charge is 0.308 e. The SMILES string of the molecule is CCCC/C=C\CCOc1cccc([C@H]2CCC[C@@H](CC(=O)OC)O2)c1. The van der Waals surface area contributed by atoms with Gasteiger partial charge in [-0.15, -0.1) is 0 Å². The second kappa shape index (κ2) is 11.7. The Balaban J connectivity index is 1.82. The van der Waals surface area contributed by atoms with Crippen LogP contribution in [0.4, 0.5) is 0 Å². The molecule has 0 amide bonds. The quantitative estimate of drug-likeness (QED) is 0.319. The third kappa shape index (κ3) is 7.20. The Labute approximate surface area is 157 Å². The van der Waals surface area contributed by atoms with Crippen molar-refractivity contribution >= 4 is 5.97 Å². The maximum Gasteiger partial charge on any atom is 0.308 e. The van der Waals surface area contributed by atoms with Crippen LogP contribution in [0.2, 0.25) is 0 Å². The number of unbranched alkanes of at least 4 members (excludes halogenated alkanes) is 2. The number of benzene rings is 1. The van der Waals surface area contributed by atoms with Crippen LogP contribution in [0.5, 0.6) is 5.75 Å². The van der Waals surface area contributed by atoms with Gasteiger partial charge < -0.3 is 14.2 Å². The summed E-state index contributed by atoms with van der Waals surface area (Å²) in [5, 5.41) is 0.